The molecule has 1 aliphatic heterocycles. The number of esters is 1. The molecule has 2 aromatic rings. The number of aromatic nitrogens is 2. The SMILES string of the molecule is CN1CCC[C@@H]1c1nc(C2CCC(C3CCC(c4coc(C5CCCC5C(=O)OC(C)(C)C)n4)CC3)CC2)co1. The van der Waals surface area contributed by atoms with Crippen LogP contribution in [0, 0.1) is 17.8 Å². The first-order chi connectivity index (χ1) is 19.2. The molecule has 2 aromatic heterocycles. The summed E-state index contributed by atoms with van der Waals surface area (Å²) in [6.45, 7) is 6.94. The van der Waals surface area contributed by atoms with Crippen LogP contribution in [0.2, 0.25) is 0 Å². The lowest BCUT2D eigenvalue weighted by atomic mass is 9.68. The summed E-state index contributed by atoms with van der Waals surface area (Å²) >= 11 is 0. The largest absolute Gasteiger partial charge is 0.460 e. The Bertz CT molecular complexity index is 1130. The quantitative estimate of drug-likeness (QED) is 0.337. The molecule has 0 aromatic carbocycles. The lowest BCUT2D eigenvalue weighted by molar-refractivity contribution is -0.160. The summed E-state index contributed by atoms with van der Waals surface area (Å²) in [7, 11) is 2.18. The molecular formula is C33H49N3O4. The van der Waals surface area contributed by atoms with Gasteiger partial charge in [-0.2, -0.15) is 0 Å². The maximum atomic E-state index is 12.8. The van der Waals surface area contributed by atoms with Crippen molar-refractivity contribution in [2.24, 2.45) is 17.8 Å². The lowest BCUT2D eigenvalue weighted by Crippen LogP contribution is -2.30. The molecule has 3 aliphatic carbocycles. The normalized spacial score (nSPS) is 33.9. The predicted octanol–water partition coefficient (Wildman–Crippen LogP) is 7.90. The fourth-order valence-electron chi connectivity index (χ4n) is 8.21. The molecule has 4 aliphatic rings. The molecule has 7 heteroatoms. The van der Waals surface area contributed by atoms with Crippen LogP contribution in [-0.4, -0.2) is 40.0 Å². The van der Waals surface area contributed by atoms with Gasteiger partial charge in [-0.3, -0.25) is 9.69 Å². The van der Waals surface area contributed by atoms with Crippen LogP contribution in [0.4, 0.5) is 0 Å². The molecule has 2 unspecified atom stereocenters. The molecule has 220 valence electrons. The van der Waals surface area contributed by atoms with E-state index in [4.69, 9.17) is 23.5 Å². The van der Waals surface area contributed by atoms with Gasteiger partial charge in [-0.05, 0) is 123 Å². The van der Waals surface area contributed by atoms with Crippen molar-refractivity contribution in [2.45, 2.75) is 134 Å². The Morgan fingerprint density at radius 3 is 1.93 bits per heavy atom. The van der Waals surface area contributed by atoms with Crippen LogP contribution in [0.1, 0.15) is 151 Å². The highest BCUT2D eigenvalue weighted by Crippen LogP contribution is 2.47. The fraction of sp³-hybridized carbons (Fsp3) is 0.788. The van der Waals surface area contributed by atoms with Crippen molar-refractivity contribution in [1.82, 2.24) is 14.9 Å². The molecule has 0 radical (unpaired) electrons. The monoisotopic (exact) mass is 551 g/mol. The van der Waals surface area contributed by atoms with Gasteiger partial charge >= 0.3 is 5.97 Å². The second kappa shape index (κ2) is 11.6. The number of oxazole rings is 2. The van der Waals surface area contributed by atoms with E-state index in [1.165, 1.54) is 63.5 Å². The van der Waals surface area contributed by atoms with Crippen LogP contribution in [-0.2, 0) is 9.53 Å². The molecule has 3 heterocycles. The number of nitrogens with zero attached hydrogens (tertiary/aromatic N) is 3. The van der Waals surface area contributed by atoms with Gasteiger partial charge in [-0.25, -0.2) is 9.97 Å². The van der Waals surface area contributed by atoms with Crippen LogP contribution in [0.5, 0.6) is 0 Å². The van der Waals surface area contributed by atoms with Crippen LogP contribution >= 0.6 is 0 Å². The van der Waals surface area contributed by atoms with Gasteiger partial charge in [0.2, 0.25) is 5.89 Å². The highest BCUT2D eigenvalue weighted by Gasteiger charge is 2.40. The highest BCUT2D eigenvalue weighted by atomic mass is 16.6. The number of likely N-dealkylation sites (tertiary alicyclic amines) is 1. The van der Waals surface area contributed by atoms with Crippen molar-refractivity contribution >= 4 is 5.97 Å². The Labute approximate surface area is 239 Å². The minimum atomic E-state index is -0.462. The van der Waals surface area contributed by atoms with E-state index in [1.54, 1.807) is 0 Å². The van der Waals surface area contributed by atoms with E-state index < -0.39 is 5.60 Å². The standard InChI is InChI=1S/C33H49N3O4/c1-33(2,3)40-32(37)26-8-5-7-25(26)30-34-27(19-38-30)23-14-10-21(11-15-23)22-12-16-24(17-13-22)28-20-39-31(35-28)29-9-6-18-36(29)4/h19-26,29H,5-18H2,1-4H3/t21?,22?,23?,24?,25?,26?,29-/m1/s1. The number of carbonyl (C=O) groups excluding carboxylic acids is 1. The zero-order valence-electron chi connectivity index (χ0n) is 25.1. The van der Waals surface area contributed by atoms with Crippen LogP contribution in [0.15, 0.2) is 21.4 Å². The maximum Gasteiger partial charge on any atom is 0.310 e. The van der Waals surface area contributed by atoms with Gasteiger partial charge in [0.1, 0.15) is 18.1 Å². The minimum Gasteiger partial charge on any atom is -0.460 e. The van der Waals surface area contributed by atoms with Crippen LogP contribution < -0.4 is 0 Å². The number of ether oxygens (including phenoxy) is 1. The smallest absolute Gasteiger partial charge is 0.310 e. The van der Waals surface area contributed by atoms with Crippen molar-refractivity contribution in [3.63, 3.8) is 0 Å². The van der Waals surface area contributed by atoms with E-state index >= 15 is 0 Å². The molecule has 3 atom stereocenters. The third kappa shape index (κ3) is 6.05. The summed E-state index contributed by atoms with van der Waals surface area (Å²) in [5.41, 5.74) is 1.83. The van der Waals surface area contributed by atoms with Crippen molar-refractivity contribution in [1.29, 1.82) is 0 Å². The van der Waals surface area contributed by atoms with E-state index in [9.17, 15) is 4.79 Å². The third-order valence-corrected chi connectivity index (χ3v) is 10.5. The van der Waals surface area contributed by atoms with E-state index in [-0.39, 0.29) is 17.8 Å². The average molecular weight is 552 g/mol. The summed E-state index contributed by atoms with van der Waals surface area (Å²) in [5, 5.41) is 0. The summed E-state index contributed by atoms with van der Waals surface area (Å²) in [6, 6.07) is 0.366. The van der Waals surface area contributed by atoms with E-state index in [1.807, 2.05) is 33.3 Å². The van der Waals surface area contributed by atoms with Crippen molar-refractivity contribution in [3.05, 3.63) is 35.7 Å². The van der Waals surface area contributed by atoms with Crippen molar-refractivity contribution in [2.75, 3.05) is 13.6 Å². The summed E-state index contributed by atoms with van der Waals surface area (Å²) in [6.07, 6.45) is 19.1. The van der Waals surface area contributed by atoms with Crippen LogP contribution in [0.3, 0.4) is 0 Å². The predicted molar refractivity (Wildman–Crippen MR) is 153 cm³/mol. The highest BCUT2D eigenvalue weighted by molar-refractivity contribution is 5.74. The van der Waals surface area contributed by atoms with Gasteiger partial charge in [0.15, 0.2) is 5.89 Å². The Morgan fingerprint density at radius 2 is 1.38 bits per heavy atom. The first-order valence-corrected chi connectivity index (χ1v) is 16.1. The topological polar surface area (TPSA) is 81.6 Å². The van der Waals surface area contributed by atoms with Gasteiger partial charge < -0.3 is 13.6 Å². The molecule has 1 saturated heterocycles. The summed E-state index contributed by atoms with van der Waals surface area (Å²) in [4.78, 5) is 25.1. The Kier molecular flexibility index (Phi) is 8.13. The molecular weight excluding hydrogens is 502 g/mol. The van der Waals surface area contributed by atoms with E-state index in [0.717, 1.165) is 61.5 Å². The maximum absolute atomic E-state index is 12.8. The lowest BCUT2D eigenvalue weighted by Gasteiger charge is -2.37. The third-order valence-electron chi connectivity index (χ3n) is 10.5. The van der Waals surface area contributed by atoms with Gasteiger partial charge in [0.25, 0.3) is 0 Å². The average Bonchev–Trinajstić information content (AvgIpc) is 3.74. The zero-order chi connectivity index (χ0) is 27.9. The fourth-order valence-corrected chi connectivity index (χ4v) is 8.21. The molecule has 0 spiro atoms. The Hall–Kier alpha value is -2.15. The van der Waals surface area contributed by atoms with Gasteiger partial charge in [-0.1, -0.05) is 6.42 Å². The van der Waals surface area contributed by atoms with E-state index in [0.29, 0.717) is 17.9 Å². The van der Waals surface area contributed by atoms with Crippen LogP contribution in [0.25, 0.3) is 0 Å². The Morgan fingerprint density at radius 1 is 0.800 bits per heavy atom. The molecule has 7 nitrogen and oxygen atoms in total. The second-order valence-electron chi connectivity index (χ2n) is 14.3. The van der Waals surface area contributed by atoms with Gasteiger partial charge in [0.05, 0.1) is 23.3 Å². The number of hydrogen-bond acceptors (Lipinski definition) is 7. The van der Waals surface area contributed by atoms with E-state index in [2.05, 4.69) is 11.9 Å². The second-order valence-corrected chi connectivity index (χ2v) is 14.3. The van der Waals surface area contributed by atoms with Gasteiger partial charge in [0, 0.05) is 17.8 Å². The molecule has 0 amide bonds. The zero-order valence-corrected chi connectivity index (χ0v) is 25.1. The summed E-state index contributed by atoms with van der Waals surface area (Å²) in [5.74, 6) is 4.20. The Balaban J connectivity index is 0.983. The molecule has 4 fully saturated rings. The molecule has 40 heavy (non-hydrogen) atoms. The first-order valence-electron chi connectivity index (χ1n) is 16.1. The molecule has 3 saturated carbocycles. The number of hydrogen-bond donors (Lipinski definition) is 0. The number of carbonyl (C=O) groups is 1. The van der Waals surface area contributed by atoms with Gasteiger partial charge in [-0.15, -0.1) is 0 Å². The number of rotatable bonds is 6. The molecule has 0 bridgehead atoms. The van der Waals surface area contributed by atoms with Crippen molar-refractivity contribution in [3.8, 4) is 0 Å². The minimum absolute atomic E-state index is 0.0509. The molecule has 6 rings (SSSR count). The first kappa shape index (κ1) is 28.0. The molecule has 0 N–H and O–H groups in total. The van der Waals surface area contributed by atoms with Crippen molar-refractivity contribution < 1.29 is 18.4 Å². The summed E-state index contributed by atoms with van der Waals surface area (Å²) < 4.78 is 17.7.